The molecule has 0 fully saturated rings. The first-order valence-corrected chi connectivity index (χ1v) is 14.2. The monoisotopic (exact) mass is 656 g/mol. The van der Waals surface area contributed by atoms with Gasteiger partial charge >= 0.3 is 6.09 Å². The van der Waals surface area contributed by atoms with Gasteiger partial charge in [-0.1, -0.05) is 42.2 Å². The molecule has 0 aliphatic carbocycles. The lowest BCUT2D eigenvalue weighted by molar-refractivity contribution is -0.120. The van der Waals surface area contributed by atoms with Crippen molar-refractivity contribution in [3.63, 3.8) is 0 Å². The third-order valence-corrected chi connectivity index (χ3v) is 6.09. The second kappa shape index (κ2) is 19.3. The zero-order chi connectivity index (χ0) is 34.0. The van der Waals surface area contributed by atoms with Crippen LogP contribution in [0.1, 0.15) is 39.9 Å². The van der Waals surface area contributed by atoms with Crippen molar-refractivity contribution in [3.05, 3.63) is 106 Å². The van der Waals surface area contributed by atoms with E-state index in [1.165, 1.54) is 0 Å². The first-order chi connectivity index (χ1) is 22.7. The second-order valence-electron chi connectivity index (χ2n) is 9.54. The van der Waals surface area contributed by atoms with Crippen LogP contribution in [-0.2, 0) is 25.6 Å². The number of carbonyl (C=O) groups excluding carboxylic acids is 3. The minimum absolute atomic E-state index is 0.00743. The molecule has 3 rings (SSSR count). The molecule has 246 valence electrons. The summed E-state index contributed by atoms with van der Waals surface area (Å²) >= 11 is 0. The maximum absolute atomic E-state index is 13.7. The molecule has 8 nitrogen and oxygen atoms in total. The molecule has 2 amide bonds. The van der Waals surface area contributed by atoms with Crippen LogP contribution in [0, 0.1) is 52.8 Å². The van der Waals surface area contributed by atoms with E-state index >= 15 is 0 Å². The summed E-state index contributed by atoms with van der Waals surface area (Å²) in [7, 11) is 0. The Balaban J connectivity index is 1.19. The first-order valence-electron chi connectivity index (χ1n) is 14.2. The lowest BCUT2D eigenvalue weighted by Crippen LogP contribution is -2.38. The highest BCUT2D eigenvalue weighted by Crippen LogP contribution is 2.24. The average Bonchev–Trinajstić information content (AvgIpc) is 3.08. The van der Waals surface area contributed by atoms with Gasteiger partial charge in [0.2, 0.25) is 11.7 Å². The molecule has 0 spiro atoms. The highest BCUT2D eigenvalue weighted by molar-refractivity contribution is 5.96. The number of benzene rings is 3. The van der Waals surface area contributed by atoms with Crippen molar-refractivity contribution >= 4 is 17.8 Å². The van der Waals surface area contributed by atoms with E-state index in [4.69, 9.17) is 14.2 Å². The van der Waals surface area contributed by atoms with Crippen molar-refractivity contribution in [2.45, 2.75) is 19.4 Å². The van der Waals surface area contributed by atoms with Crippen LogP contribution in [0.25, 0.3) is 0 Å². The van der Waals surface area contributed by atoms with Crippen LogP contribution in [0.5, 0.6) is 0 Å². The van der Waals surface area contributed by atoms with Crippen LogP contribution in [0.3, 0.4) is 0 Å². The van der Waals surface area contributed by atoms with Gasteiger partial charge in [-0.3, -0.25) is 9.59 Å². The van der Waals surface area contributed by atoms with Crippen LogP contribution in [0.2, 0.25) is 0 Å². The van der Waals surface area contributed by atoms with E-state index in [1.54, 1.807) is 24.3 Å². The molecule has 47 heavy (non-hydrogen) atoms. The minimum atomic E-state index is -2.33. The zero-order valence-electron chi connectivity index (χ0n) is 24.9. The Morgan fingerprint density at radius 1 is 0.660 bits per heavy atom. The van der Waals surface area contributed by atoms with Gasteiger partial charge in [-0.05, 0) is 48.1 Å². The number of carbonyl (C=O) groups is 3. The lowest BCUT2D eigenvalue weighted by Gasteiger charge is -2.09. The van der Waals surface area contributed by atoms with Gasteiger partial charge in [0.25, 0.3) is 0 Å². The van der Waals surface area contributed by atoms with Gasteiger partial charge in [0.1, 0.15) is 6.61 Å². The lowest BCUT2D eigenvalue weighted by atomic mass is 10.0. The fourth-order valence-corrected chi connectivity index (χ4v) is 3.72. The summed E-state index contributed by atoms with van der Waals surface area (Å²) in [4.78, 5) is 35.7. The smallest absolute Gasteiger partial charge is 0.407 e. The highest BCUT2D eigenvalue weighted by Gasteiger charge is 2.29. The standard InChI is InChI=1S/C34H29F5N2O6/c35-29-28(30(36)32(38)33(39)31(29)37)26(42)11-6-17-45-19-20-46-18-16-40-27(43)21-41-34(44)47-22-25-14-12-24(13-15-25)10-5-4-9-23-7-2-1-3-8-23/h1-3,7-8,12-15H,6,11,16-22H2,(H,40,43)(H,41,44). The van der Waals surface area contributed by atoms with Gasteiger partial charge in [-0.15, -0.1) is 0 Å². The number of nitrogens with one attached hydrogen (secondary N) is 2. The van der Waals surface area contributed by atoms with Crippen LogP contribution in [-0.4, -0.2) is 57.3 Å². The van der Waals surface area contributed by atoms with Crippen molar-refractivity contribution in [2.24, 2.45) is 0 Å². The number of Topliss-reactive ketones (excluding diaryl/α,β-unsaturated/α-hetero) is 1. The molecule has 2 N–H and O–H groups in total. The summed E-state index contributed by atoms with van der Waals surface area (Å²) < 4.78 is 82.5. The molecule has 0 aliphatic heterocycles. The van der Waals surface area contributed by atoms with Crippen molar-refractivity contribution in [2.75, 3.05) is 39.5 Å². The second-order valence-corrected chi connectivity index (χ2v) is 9.54. The Morgan fingerprint density at radius 3 is 1.87 bits per heavy atom. The SMILES string of the molecule is O=C(CNC(=O)OCc1ccc(C#CC#Cc2ccccc2)cc1)NCCOCCOCCCC(=O)c1c(F)c(F)c(F)c(F)c1F. The molecule has 0 radical (unpaired) electrons. The Bertz CT molecular complexity index is 1630. The van der Waals surface area contributed by atoms with Gasteiger partial charge in [-0.25, -0.2) is 26.7 Å². The molecule has 0 aromatic heterocycles. The zero-order valence-corrected chi connectivity index (χ0v) is 24.9. The largest absolute Gasteiger partial charge is 0.445 e. The molecule has 0 aliphatic rings. The fourth-order valence-electron chi connectivity index (χ4n) is 3.72. The number of hydrogen-bond donors (Lipinski definition) is 2. The number of rotatable bonds is 15. The number of halogens is 5. The maximum Gasteiger partial charge on any atom is 0.407 e. The normalized spacial score (nSPS) is 10.2. The molecule has 0 heterocycles. The van der Waals surface area contributed by atoms with E-state index in [9.17, 15) is 36.3 Å². The van der Waals surface area contributed by atoms with E-state index in [0.29, 0.717) is 0 Å². The van der Waals surface area contributed by atoms with Gasteiger partial charge in [-0.2, -0.15) is 0 Å². The molecule has 0 saturated carbocycles. The number of alkyl carbamates (subject to hydrolysis) is 1. The molecule has 0 bridgehead atoms. The Labute approximate surface area is 267 Å². The molecular weight excluding hydrogens is 627 g/mol. The number of ether oxygens (including phenoxy) is 3. The van der Waals surface area contributed by atoms with Gasteiger partial charge in [0.15, 0.2) is 29.1 Å². The number of ketones is 1. The van der Waals surface area contributed by atoms with Crippen molar-refractivity contribution < 1.29 is 50.5 Å². The van der Waals surface area contributed by atoms with E-state index in [0.717, 1.165) is 16.7 Å². The summed E-state index contributed by atoms with van der Waals surface area (Å²) in [6, 6.07) is 16.5. The Kier molecular flexibility index (Phi) is 14.9. The van der Waals surface area contributed by atoms with E-state index in [-0.39, 0.29) is 52.5 Å². The topological polar surface area (TPSA) is 103 Å². The van der Waals surface area contributed by atoms with Crippen molar-refractivity contribution in [1.82, 2.24) is 10.6 Å². The van der Waals surface area contributed by atoms with E-state index in [1.807, 2.05) is 30.3 Å². The van der Waals surface area contributed by atoms with Gasteiger partial charge in [0, 0.05) is 30.7 Å². The minimum Gasteiger partial charge on any atom is -0.445 e. The van der Waals surface area contributed by atoms with E-state index in [2.05, 4.69) is 34.3 Å². The van der Waals surface area contributed by atoms with E-state index < -0.39 is 58.9 Å². The maximum atomic E-state index is 13.7. The molecule has 3 aromatic carbocycles. The van der Waals surface area contributed by atoms with Crippen molar-refractivity contribution in [3.8, 4) is 23.7 Å². The number of hydrogen-bond acceptors (Lipinski definition) is 6. The molecule has 0 saturated heterocycles. The Hall–Kier alpha value is -5.24. The van der Waals surface area contributed by atoms with Gasteiger partial charge < -0.3 is 24.8 Å². The fraction of sp³-hybridized carbons (Fsp3) is 0.265. The Morgan fingerprint density at radius 2 is 1.23 bits per heavy atom. The molecule has 13 heteroatoms. The molecule has 0 atom stereocenters. The molecular formula is C34H29F5N2O6. The molecule has 0 unspecified atom stereocenters. The highest BCUT2D eigenvalue weighted by atomic mass is 19.2. The summed E-state index contributed by atoms with van der Waals surface area (Å²) in [5.41, 5.74) is 0.869. The van der Waals surface area contributed by atoms with Crippen LogP contribution in [0.4, 0.5) is 26.7 Å². The predicted octanol–water partition coefficient (Wildman–Crippen LogP) is 4.82. The number of amides is 2. The average molecular weight is 657 g/mol. The predicted molar refractivity (Wildman–Crippen MR) is 159 cm³/mol. The van der Waals surface area contributed by atoms with Crippen molar-refractivity contribution in [1.29, 1.82) is 0 Å². The third kappa shape index (κ3) is 12.2. The summed E-state index contributed by atoms with van der Waals surface area (Å²) in [5.74, 6) is -1.30. The molecule has 3 aromatic rings. The summed E-state index contributed by atoms with van der Waals surface area (Å²) in [6.45, 7) is 0.0990. The van der Waals surface area contributed by atoms with Crippen LogP contribution in [0.15, 0.2) is 54.6 Å². The summed E-state index contributed by atoms with van der Waals surface area (Å²) in [6.07, 6.45) is -1.30. The summed E-state index contributed by atoms with van der Waals surface area (Å²) in [5, 5.41) is 4.87. The van der Waals surface area contributed by atoms with Crippen LogP contribution < -0.4 is 10.6 Å². The van der Waals surface area contributed by atoms with Crippen LogP contribution >= 0.6 is 0 Å². The first kappa shape index (κ1) is 36.2. The third-order valence-electron chi connectivity index (χ3n) is 6.09. The van der Waals surface area contributed by atoms with Gasteiger partial charge in [0.05, 0.1) is 31.9 Å². The quantitative estimate of drug-likeness (QED) is 0.0608.